The fraction of sp³-hybridized carbons (Fsp3) is 0. The fourth-order valence-corrected chi connectivity index (χ4v) is 2.40. The van der Waals surface area contributed by atoms with Crippen molar-refractivity contribution in [2.75, 3.05) is 5.32 Å². The van der Waals surface area contributed by atoms with Crippen LogP contribution in [0.3, 0.4) is 0 Å². The van der Waals surface area contributed by atoms with Gasteiger partial charge in [0.15, 0.2) is 5.58 Å². The second-order valence-corrected chi connectivity index (χ2v) is 5.25. The summed E-state index contributed by atoms with van der Waals surface area (Å²) in [7, 11) is 0. The zero-order chi connectivity index (χ0) is 16.4. The molecule has 5 heteroatoms. The third-order valence-electron chi connectivity index (χ3n) is 3.63. The van der Waals surface area contributed by atoms with Crippen LogP contribution in [0.1, 0.15) is 10.4 Å². The molecule has 0 unspecified atom stereocenters. The van der Waals surface area contributed by atoms with Crippen molar-refractivity contribution in [2.45, 2.75) is 0 Å². The van der Waals surface area contributed by atoms with Crippen LogP contribution in [0, 0.1) is 0 Å². The maximum atomic E-state index is 12.1. The molecule has 0 fully saturated rings. The number of carbonyl (C=O) groups is 1. The van der Waals surface area contributed by atoms with Gasteiger partial charge in [0.25, 0.3) is 5.91 Å². The number of anilines is 1. The van der Waals surface area contributed by atoms with Crippen molar-refractivity contribution in [3.05, 3.63) is 78.6 Å². The molecule has 0 aliphatic carbocycles. The Bertz CT molecular complexity index is 959. The second kappa shape index (κ2) is 5.96. The first-order chi connectivity index (χ1) is 11.8. The SMILES string of the molecule is O=C(Nc1ccc(-c2nc3ccccc3o2)cc1)c1ccncc1. The summed E-state index contributed by atoms with van der Waals surface area (Å²) in [6, 6.07) is 18.3. The lowest BCUT2D eigenvalue weighted by molar-refractivity contribution is 0.102. The van der Waals surface area contributed by atoms with Crippen LogP contribution in [0.15, 0.2) is 77.5 Å². The van der Waals surface area contributed by atoms with Crippen LogP contribution >= 0.6 is 0 Å². The van der Waals surface area contributed by atoms with E-state index in [2.05, 4.69) is 15.3 Å². The van der Waals surface area contributed by atoms with Crippen LogP contribution in [0.2, 0.25) is 0 Å². The largest absolute Gasteiger partial charge is 0.436 e. The Kier molecular flexibility index (Phi) is 3.51. The minimum absolute atomic E-state index is 0.174. The molecule has 0 saturated carbocycles. The Labute approximate surface area is 138 Å². The number of fused-ring (bicyclic) bond motifs is 1. The van der Waals surface area contributed by atoms with Gasteiger partial charge in [-0.3, -0.25) is 9.78 Å². The number of oxazole rings is 1. The molecule has 2 heterocycles. The van der Waals surface area contributed by atoms with Gasteiger partial charge in [0, 0.05) is 29.2 Å². The summed E-state index contributed by atoms with van der Waals surface area (Å²) in [4.78, 5) is 20.5. The van der Waals surface area contributed by atoms with Gasteiger partial charge in [0.05, 0.1) is 0 Å². The second-order valence-electron chi connectivity index (χ2n) is 5.25. The molecule has 5 nitrogen and oxygen atoms in total. The Morgan fingerprint density at radius 2 is 1.67 bits per heavy atom. The zero-order valence-corrected chi connectivity index (χ0v) is 12.6. The number of hydrogen-bond acceptors (Lipinski definition) is 4. The smallest absolute Gasteiger partial charge is 0.255 e. The molecule has 2 aromatic heterocycles. The molecule has 0 radical (unpaired) electrons. The summed E-state index contributed by atoms with van der Waals surface area (Å²) in [5.74, 6) is 0.384. The lowest BCUT2D eigenvalue weighted by Gasteiger charge is -2.05. The monoisotopic (exact) mass is 315 g/mol. The van der Waals surface area contributed by atoms with Crippen LogP contribution < -0.4 is 5.32 Å². The van der Waals surface area contributed by atoms with Gasteiger partial charge in [0.2, 0.25) is 5.89 Å². The molecule has 4 aromatic rings. The number of carbonyl (C=O) groups excluding carboxylic acids is 1. The zero-order valence-electron chi connectivity index (χ0n) is 12.6. The van der Waals surface area contributed by atoms with Crippen LogP contribution in [-0.4, -0.2) is 15.9 Å². The van der Waals surface area contributed by atoms with E-state index >= 15 is 0 Å². The summed E-state index contributed by atoms with van der Waals surface area (Å²) < 4.78 is 5.74. The third-order valence-corrected chi connectivity index (χ3v) is 3.63. The summed E-state index contributed by atoms with van der Waals surface area (Å²) in [6.45, 7) is 0. The van der Waals surface area contributed by atoms with Crippen molar-refractivity contribution in [3.63, 3.8) is 0 Å². The molecule has 1 amide bonds. The predicted octanol–water partition coefficient (Wildman–Crippen LogP) is 4.14. The average Bonchev–Trinajstić information content (AvgIpc) is 3.07. The van der Waals surface area contributed by atoms with E-state index in [1.54, 1.807) is 24.5 Å². The van der Waals surface area contributed by atoms with Crippen LogP contribution in [-0.2, 0) is 0 Å². The molecule has 2 aromatic carbocycles. The van der Waals surface area contributed by atoms with Crippen LogP contribution in [0.5, 0.6) is 0 Å². The molecular weight excluding hydrogens is 302 g/mol. The molecule has 0 saturated heterocycles. The first-order valence-corrected chi connectivity index (χ1v) is 7.47. The number of hydrogen-bond donors (Lipinski definition) is 1. The Balaban J connectivity index is 1.55. The minimum Gasteiger partial charge on any atom is -0.436 e. The van der Waals surface area contributed by atoms with E-state index in [1.165, 1.54) is 0 Å². The number of aromatic nitrogens is 2. The summed E-state index contributed by atoms with van der Waals surface area (Å²) >= 11 is 0. The van der Waals surface area contributed by atoms with E-state index in [4.69, 9.17) is 4.42 Å². The lowest BCUT2D eigenvalue weighted by atomic mass is 10.2. The number of pyridine rings is 1. The molecule has 0 bridgehead atoms. The van der Waals surface area contributed by atoms with Gasteiger partial charge in [-0.05, 0) is 48.5 Å². The van der Waals surface area contributed by atoms with Gasteiger partial charge >= 0.3 is 0 Å². The highest BCUT2D eigenvalue weighted by Gasteiger charge is 2.09. The Morgan fingerprint density at radius 3 is 2.42 bits per heavy atom. The lowest BCUT2D eigenvalue weighted by Crippen LogP contribution is -2.11. The number of nitrogens with one attached hydrogen (secondary N) is 1. The van der Waals surface area contributed by atoms with Crippen LogP contribution in [0.4, 0.5) is 5.69 Å². The number of amides is 1. The van der Waals surface area contributed by atoms with Crippen molar-refractivity contribution in [3.8, 4) is 11.5 Å². The summed E-state index contributed by atoms with van der Waals surface area (Å²) in [5, 5.41) is 2.85. The molecule has 0 atom stereocenters. The maximum Gasteiger partial charge on any atom is 0.255 e. The maximum absolute atomic E-state index is 12.1. The first kappa shape index (κ1) is 14.1. The van der Waals surface area contributed by atoms with Gasteiger partial charge in [0.1, 0.15) is 5.52 Å². The highest BCUT2D eigenvalue weighted by Crippen LogP contribution is 2.25. The molecule has 4 rings (SSSR count). The van der Waals surface area contributed by atoms with Crippen molar-refractivity contribution in [2.24, 2.45) is 0 Å². The molecule has 116 valence electrons. The average molecular weight is 315 g/mol. The highest BCUT2D eigenvalue weighted by molar-refractivity contribution is 6.04. The topological polar surface area (TPSA) is 68.0 Å². The van der Waals surface area contributed by atoms with Gasteiger partial charge in [-0.25, -0.2) is 4.98 Å². The van der Waals surface area contributed by atoms with E-state index in [1.807, 2.05) is 48.5 Å². The van der Waals surface area contributed by atoms with Crippen LogP contribution in [0.25, 0.3) is 22.6 Å². The quantitative estimate of drug-likeness (QED) is 0.617. The van der Waals surface area contributed by atoms with Gasteiger partial charge < -0.3 is 9.73 Å². The van der Waals surface area contributed by atoms with Gasteiger partial charge in [-0.2, -0.15) is 0 Å². The van der Waals surface area contributed by atoms with Crippen molar-refractivity contribution in [1.82, 2.24) is 9.97 Å². The van der Waals surface area contributed by atoms with Crippen molar-refractivity contribution >= 4 is 22.7 Å². The van der Waals surface area contributed by atoms with Crippen molar-refractivity contribution in [1.29, 1.82) is 0 Å². The van der Waals surface area contributed by atoms with Gasteiger partial charge in [-0.1, -0.05) is 12.1 Å². The summed E-state index contributed by atoms with van der Waals surface area (Å²) in [5.41, 5.74) is 3.70. The molecular formula is C19H13N3O2. The molecule has 24 heavy (non-hydrogen) atoms. The molecule has 1 N–H and O–H groups in total. The van der Waals surface area contributed by atoms with E-state index in [-0.39, 0.29) is 5.91 Å². The fourth-order valence-electron chi connectivity index (χ4n) is 2.40. The van der Waals surface area contributed by atoms with E-state index in [0.717, 1.165) is 16.7 Å². The van der Waals surface area contributed by atoms with Crippen molar-refractivity contribution < 1.29 is 9.21 Å². The number of nitrogens with zero attached hydrogens (tertiary/aromatic N) is 2. The first-order valence-electron chi connectivity index (χ1n) is 7.47. The van der Waals surface area contributed by atoms with E-state index in [9.17, 15) is 4.79 Å². The molecule has 0 spiro atoms. The third kappa shape index (κ3) is 2.75. The van der Waals surface area contributed by atoms with Gasteiger partial charge in [-0.15, -0.1) is 0 Å². The van der Waals surface area contributed by atoms with E-state index < -0.39 is 0 Å². The number of para-hydroxylation sites is 2. The Hall–Kier alpha value is -3.47. The minimum atomic E-state index is -0.174. The van der Waals surface area contributed by atoms with E-state index in [0.29, 0.717) is 17.1 Å². The normalized spacial score (nSPS) is 10.7. The Morgan fingerprint density at radius 1 is 0.917 bits per heavy atom. The number of rotatable bonds is 3. The highest BCUT2D eigenvalue weighted by atomic mass is 16.3. The molecule has 0 aliphatic heterocycles. The summed E-state index contributed by atoms with van der Waals surface area (Å²) in [6.07, 6.45) is 3.18. The molecule has 0 aliphatic rings. The standard InChI is InChI=1S/C19H13N3O2/c23-18(13-9-11-20-12-10-13)21-15-7-5-14(6-8-15)19-22-16-3-1-2-4-17(16)24-19/h1-12H,(H,21,23). The number of benzene rings is 2. The predicted molar refractivity (Wildman–Crippen MR) is 91.6 cm³/mol.